The van der Waals surface area contributed by atoms with Crippen LogP contribution in [0.3, 0.4) is 0 Å². The van der Waals surface area contributed by atoms with Crippen molar-refractivity contribution in [2.24, 2.45) is 4.99 Å². The normalized spacial score (nSPS) is 11.4. The summed E-state index contributed by atoms with van der Waals surface area (Å²) in [5.74, 6) is 1.71. The van der Waals surface area contributed by atoms with Gasteiger partial charge in [-0.15, -0.1) is 11.8 Å². The molecule has 18 heavy (non-hydrogen) atoms. The van der Waals surface area contributed by atoms with Crippen LogP contribution in [0, 0.1) is 5.82 Å². The lowest BCUT2D eigenvalue weighted by Crippen LogP contribution is -2.36. The van der Waals surface area contributed by atoms with Gasteiger partial charge >= 0.3 is 0 Å². The summed E-state index contributed by atoms with van der Waals surface area (Å²) in [7, 11) is 5.70. The average molecular weight is 269 g/mol. The molecule has 0 aliphatic heterocycles. The summed E-state index contributed by atoms with van der Waals surface area (Å²) in [6.07, 6.45) is 1.04. The fraction of sp³-hybridized carbons (Fsp3) is 0.462. The van der Waals surface area contributed by atoms with E-state index in [9.17, 15) is 4.39 Å². The summed E-state index contributed by atoms with van der Waals surface area (Å²) in [5, 5.41) is 3.27. The lowest BCUT2D eigenvalue weighted by atomic mass is 10.4. The summed E-state index contributed by atoms with van der Waals surface area (Å²) in [4.78, 5) is 7.19. The molecule has 0 saturated heterocycles. The lowest BCUT2D eigenvalue weighted by molar-refractivity contribution is 0.582. The minimum Gasteiger partial charge on any atom is -0.356 e. The quantitative estimate of drug-likeness (QED) is 0.385. The fourth-order valence-corrected chi connectivity index (χ4v) is 2.28. The van der Waals surface area contributed by atoms with Gasteiger partial charge in [0, 0.05) is 32.6 Å². The van der Waals surface area contributed by atoms with Crippen LogP contribution in [0.4, 0.5) is 4.39 Å². The van der Waals surface area contributed by atoms with E-state index in [-0.39, 0.29) is 5.82 Å². The van der Waals surface area contributed by atoms with Crippen LogP contribution in [0.25, 0.3) is 0 Å². The van der Waals surface area contributed by atoms with Crippen molar-refractivity contribution in [1.29, 1.82) is 0 Å². The van der Waals surface area contributed by atoms with Crippen molar-refractivity contribution in [3.05, 3.63) is 30.1 Å². The maximum absolute atomic E-state index is 12.7. The molecule has 0 aliphatic carbocycles. The van der Waals surface area contributed by atoms with Crippen LogP contribution >= 0.6 is 11.8 Å². The molecule has 0 radical (unpaired) electrons. The van der Waals surface area contributed by atoms with Crippen molar-refractivity contribution >= 4 is 17.7 Å². The van der Waals surface area contributed by atoms with E-state index in [1.54, 1.807) is 18.8 Å². The average Bonchev–Trinajstić information content (AvgIpc) is 2.35. The molecule has 5 heteroatoms. The first-order chi connectivity index (χ1) is 8.63. The summed E-state index contributed by atoms with van der Waals surface area (Å²) in [5.41, 5.74) is 0. The number of nitrogens with one attached hydrogen (secondary N) is 1. The maximum Gasteiger partial charge on any atom is 0.193 e. The van der Waals surface area contributed by atoms with Gasteiger partial charge in [-0.25, -0.2) is 4.39 Å². The molecule has 0 unspecified atom stereocenters. The Morgan fingerprint density at radius 3 is 2.56 bits per heavy atom. The highest BCUT2D eigenvalue weighted by Crippen LogP contribution is 2.18. The fourth-order valence-electron chi connectivity index (χ4n) is 1.43. The molecule has 0 bridgehead atoms. The summed E-state index contributed by atoms with van der Waals surface area (Å²) in [6.45, 7) is 0.888. The molecular formula is C13H20FN3S. The smallest absolute Gasteiger partial charge is 0.193 e. The minimum absolute atomic E-state index is 0.184. The maximum atomic E-state index is 12.7. The zero-order valence-corrected chi connectivity index (χ0v) is 11.9. The van der Waals surface area contributed by atoms with Crippen molar-refractivity contribution in [1.82, 2.24) is 10.2 Å². The molecule has 0 saturated carbocycles. The third-order valence-corrected chi connectivity index (χ3v) is 3.42. The van der Waals surface area contributed by atoms with Crippen LogP contribution in [0.15, 0.2) is 34.2 Å². The summed E-state index contributed by atoms with van der Waals surface area (Å²) >= 11 is 1.74. The van der Waals surface area contributed by atoms with Crippen LogP contribution in [0.5, 0.6) is 0 Å². The molecule has 0 aromatic heterocycles. The molecule has 0 heterocycles. The number of hydrogen-bond acceptors (Lipinski definition) is 2. The van der Waals surface area contributed by atoms with E-state index < -0.39 is 0 Å². The predicted molar refractivity (Wildman–Crippen MR) is 76.8 cm³/mol. The molecule has 1 N–H and O–H groups in total. The Morgan fingerprint density at radius 1 is 1.33 bits per heavy atom. The highest BCUT2D eigenvalue weighted by molar-refractivity contribution is 7.99. The molecule has 1 aromatic rings. The van der Waals surface area contributed by atoms with Crippen LogP contribution in [0.2, 0.25) is 0 Å². The van der Waals surface area contributed by atoms with Crippen molar-refractivity contribution in [2.45, 2.75) is 11.3 Å². The standard InChI is InChI=1S/C13H20FN3S/c1-15-13(17(2)3)16-9-4-10-18-12-7-5-11(14)6-8-12/h5-8H,4,9-10H2,1-3H3,(H,15,16). The van der Waals surface area contributed by atoms with Gasteiger partial charge in [0.2, 0.25) is 0 Å². The van der Waals surface area contributed by atoms with Gasteiger partial charge in [0.15, 0.2) is 5.96 Å². The van der Waals surface area contributed by atoms with E-state index in [1.165, 1.54) is 12.1 Å². The van der Waals surface area contributed by atoms with Gasteiger partial charge in [0.25, 0.3) is 0 Å². The third-order valence-electron chi connectivity index (χ3n) is 2.32. The van der Waals surface area contributed by atoms with Crippen molar-refractivity contribution in [3.8, 4) is 0 Å². The number of rotatable bonds is 5. The monoisotopic (exact) mass is 269 g/mol. The molecule has 0 amide bonds. The number of hydrogen-bond donors (Lipinski definition) is 1. The van der Waals surface area contributed by atoms with Crippen molar-refractivity contribution < 1.29 is 4.39 Å². The van der Waals surface area contributed by atoms with Gasteiger partial charge in [-0.2, -0.15) is 0 Å². The number of benzene rings is 1. The van der Waals surface area contributed by atoms with Crippen LogP contribution < -0.4 is 5.32 Å². The number of thioether (sulfide) groups is 1. The van der Waals surface area contributed by atoms with E-state index >= 15 is 0 Å². The van der Waals surface area contributed by atoms with Gasteiger partial charge in [0.05, 0.1) is 0 Å². The second-order valence-electron chi connectivity index (χ2n) is 4.02. The number of guanidine groups is 1. The first-order valence-corrected chi connectivity index (χ1v) is 6.88. The zero-order valence-electron chi connectivity index (χ0n) is 11.1. The number of nitrogens with zero attached hydrogens (tertiary/aromatic N) is 2. The Hall–Kier alpha value is -1.23. The van der Waals surface area contributed by atoms with Crippen LogP contribution in [0.1, 0.15) is 6.42 Å². The van der Waals surface area contributed by atoms with E-state index in [0.717, 1.165) is 29.6 Å². The Labute approximate surface area is 112 Å². The van der Waals surface area contributed by atoms with Crippen LogP contribution in [-0.2, 0) is 0 Å². The van der Waals surface area contributed by atoms with E-state index in [2.05, 4.69) is 10.3 Å². The Kier molecular flexibility index (Phi) is 6.57. The molecule has 0 fully saturated rings. The molecule has 3 nitrogen and oxygen atoms in total. The summed E-state index contributed by atoms with van der Waals surface area (Å²) in [6, 6.07) is 6.61. The van der Waals surface area contributed by atoms with Crippen molar-refractivity contribution in [3.63, 3.8) is 0 Å². The Balaban J connectivity index is 2.17. The lowest BCUT2D eigenvalue weighted by Gasteiger charge is -2.16. The van der Waals surface area contributed by atoms with E-state index in [0.29, 0.717) is 0 Å². The molecule has 0 spiro atoms. The van der Waals surface area contributed by atoms with Gasteiger partial charge in [-0.1, -0.05) is 0 Å². The second kappa shape index (κ2) is 7.97. The largest absolute Gasteiger partial charge is 0.356 e. The van der Waals surface area contributed by atoms with E-state index in [1.807, 2.05) is 31.1 Å². The topological polar surface area (TPSA) is 27.6 Å². The Morgan fingerprint density at radius 2 is 2.00 bits per heavy atom. The van der Waals surface area contributed by atoms with Gasteiger partial charge < -0.3 is 10.2 Å². The Bertz CT molecular complexity index is 376. The molecule has 0 atom stereocenters. The number of halogens is 1. The molecule has 1 aromatic carbocycles. The highest BCUT2D eigenvalue weighted by atomic mass is 32.2. The first-order valence-electron chi connectivity index (χ1n) is 5.90. The highest BCUT2D eigenvalue weighted by Gasteiger charge is 1.99. The van der Waals surface area contributed by atoms with Crippen molar-refractivity contribution in [2.75, 3.05) is 33.4 Å². The van der Waals surface area contributed by atoms with Crippen LogP contribution in [-0.4, -0.2) is 44.3 Å². The first kappa shape index (κ1) is 14.8. The third kappa shape index (κ3) is 5.40. The zero-order chi connectivity index (χ0) is 13.4. The predicted octanol–water partition coefficient (Wildman–Crippen LogP) is 2.44. The van der Waals surface area contributed by atoms with E-state index in [4.69, 9.17) is 0 Å². The second-order valence-corrected chi connectivity index (χ2v) is 5.19. The molecule has 1 rings (SSSR count). The molecular weight excluding hydrogens is 249 g/mol. The van der Waals surface area contributed by atoms with Gasteiger partial charge in [-0.3, -0.25) is 4.99 Å². The molecule has 0 aliphatic rings. The SMILES string of the molecule is CN=C(NCCCSc1ccc(F)cc1)N(C)C. The molecule has 100 valence electrons. The summed E-state index contributed by atoms with van der Waals surface area (Å²) < 4.78 is 12.7. The van der Waals surface area contributed by atoms with Gasteiger partial charge in [-0.05, 0) is 36.4 Å². The van der Waals surface area contributed by atoms with Gasteiger partial charge in [0.1, 0.15) is 5.82 Å². The minimum atomic E-state index is -0.184. The number of aliphatic imine (C=N–C) groups is 1.